The SMILES string of the molecule is COC(=O)c1cc2ccccc2cc1OC(=O)C(C)(F)CP. The number of halogens is 1. The molecule has 0 heterocycles. The smallest absolute Gasteiger partial charge is 0.349 e. The van der Waals surface area contributed by atoms with Crippen LogP contribution in [0.2, 0.25) is 0 Å². The minimum Gasteiger partial charge on any atom is -0.465 e. The van der Waals surface area contributed by atoms with E-state index >= 15 is 0 Å². The molecule has 0 amide bonds. The van der Waals surface area contributed by atoms with Crippen LogP contribution < -0.4 is 4.74 Å². The van der Waals surface area contributed by atoms with Crippen LogP contribution in [0.4, 0.5) is 4.39 Å². The van der Waals surface area contributed by atoms with Crippen molar-refractivity contribution in [3.63, 3.8) is 0 Å². The van der Waals surface area contributed by atoms with Crippen molar-refractivity contribution in [1.82, 2.24) is 0 Å². The minimum absolute atomic E-state index is 0.0159. The van der Waals surface area contributed by atoms with Crippen LogP contribution in [0.5, 0.6) is 5.75 Å². The maximum atomic E-state index is 14.0. The Hall–Kier alpha value is -2.00. The molecule has 116 valence electrons. The van der Waals surface area contributed by atoms with Gasteiger partial charge in [-0.05, 0) is 29.8 Å². The molecule has 0 aromatic heterocycles. The average molecular weight is 322 g/mol. The van der Waals surface area contributed by atoms with Gasteiger partial charge in [-0.15, -0.1) is 9.24 Å². The quantitative estimate of drug-likeness (QED) is 0.493. The Labute approximate surface area is 129 Å². The maximum Gasteiger partial charge on any atom is 0.349 e. The maximum absolute atomic E-state index is 14.0. The zero-order chi connectivity index (χ0) is 16.3. The van der Waals surface area contributed by atoms with Crippen molar-refractivity contribution in [2.75, 3.05) is 13.3 Å². The van der Waals surface area contributed by atoms with Gasteiger partial charge in [0.15, 0.2) is 0 Å². The lowest BCUT2D eigenvalue weighted by atomic mass is 10.1. The summed E-state index contributed by atoms with van der Waals surface area (Å²) in [6.07, 6.45) is -0.104. The monoisotopic (exact) mass is 322 g/mol. The van der Waals surface area contributed by atoms with E-state index in [1.54, 1.807) is 12.1 Å². The molecule has 0 fully saturated rings. The molecule has 2 aromatic carbocycles. The third-order valence-electron chi connectivity index (χ3n) is 3.26. The fourth-order valence-electron chi connectivity index (χ4n) is 1.86. The van der Waals surface area contributed by atoms with E-state index in [9.17, 15) is 14.0 Å². The van der Waals surface area contributed by atoms with E-state index in [4.69, 9.17) is 9.47 Å². The van der Waals surface area contributed by atoms with Crippen molar-refractivity contribution in [2.45, 2.75) is 12.6 Å². The number of esters is 2. The summed E-state index contributed by atoms with van der Waals surface area (Å²) in [5.74, 6) is -1.72. The van der Waals surface area contributed by atoms with Gasteiger partial charge in [-0.1, -0.05) is 24.3 Å². The van der Waals surface area contributed by atoms with E-state index in [0.717, 1.165) is 17.7 Å². The van der Waals surface area contributed by atoms with E-state index in [1.807, 2.05) is 18.2 Å². The molecular weight excluding hydrogens is 306 g/mol. The van der Waals surface area contributed by atoms with Crippen molar-refractivity contribution in [2.24, 2.45) is 0 Å². The Morgan fingerprint density at radius 1 is 1.23 bits per heavy atom. The average Bonchev–Trinajstić information content (AvgIpc) is 2.53. The number of carbonyl (C=O) groups excluding carboxylic acids is 2. The molecule has 2 unspecified atom stereocenters. The summed E-state index contributed by atoms with van der Waals surface area (Å²) in [6, 6.07) is 10.3. The summed E-state index contributed by atoms with van der Waals surface area (Å²) >= 11 is 0. The molecule has 0 radical (unpaired) electrons. The highest BCUT2D eigenvalue weighted by molar-refractivity contribution is 7.16. The fraction of sp³-hybridized carbons (Fsp3) is 0.250. The first kappa shape index (κ1) is 16.4. The Balaban J connectivity index is 2.50. The minimum atomic E-state index is -2.15. The van der Waals surface area contributed by atoms with Gasteiger partial charge in [0.25, 0.3) is 0 Å². The molecule has 0 aliphatic rings. The molecule has 6 heteroatoms. The predicted octanol–water partition coefficient (Wildman–Crippen LogP) is 3.14. The highest BCUT2D eigenvalue weighted by atomic mass is 31.0. The second kappa shape index (κ2) is 6.41. The Morgan fingerprint density at radius 3 is 2.36 bits per heavy atom. The second-order valence-corrected chi connectivity index (χ2v) is 5.39. The van der Waals surface area contributed by atoms with Crippen molar-refractivity contribution < 1.29 is 23.5 Å². The largest absolute Gasteiger partial charge is 0.465 e. The molecule has 2 atom stereocenters. The van der Waals surface area contributed by atoms with Gasteiger partial charge < -0.3 is 9.47 Å². The van der Waals surface area contributed by atoms with Gasteiger partial charge in [0.05, 0.1) is 7.11 Å². The molecule has 0 N–H and O–H groups in total. The third-order valence-corrected chi connectivity index (χ3v) is 4.03. The van der Waals surface area contributed by atoms with Gasteiger partial charge in [0.1, 0.15) is 11.3 Å². The third kappa shape index (κ3) is 3.25. The zero-order valence-corrected chi connectivity index (χ0v) is 13.4. The van der Waals surface area contributed by atoms with E-state index < -0.39 is 17.6 Å². The molecule has 0 saturated heterocycles. The van der Waals surface area contributed by atoms with Gasteiger partial charge in [-0.2, -0.15) is 0 Å². The second-order valence-electron chi connectivity index (χ2n) is 4.98. The molecule has 0 bridgehead atoms. The first-order chi connectivity index (χ1) is 10.4. The Kier molecular flexibility index (Phi) is 4.77. The number of hydrogen-bond donors (Lipinski definition) is 0. The van der Waals surface area contributed by atoms with Crippen LogP contribution in [0.1, 0.15) is 17.3 Å². The molecule has 0 aliphatic carbocycles. The Bertz CT molecular complexity index is 727. The van der Waals surface area contributed by atoms with E-state index in [-0.39, 0.29) is 17.5 Å². The summed E-state index contributed by atoms with van der Waals surface area (Å²) < 4.78 is 23.8. The van der Waals surface area contributed by atoms with Gasteiger partial charge in [0.2, 0.25) is 5.67 Å². The summed E-state index contributed by atoms with van der Waals surface area (Å²) in [4.78, 5) is 23.8. The molecule has 2 rings (SSSR count). The van der Waals surface area contributed by atoms with Gasteiger partial charge in [0, 0.05) is 6.16 Å². The van der Waals surface area contributed by atoms with Crippen LogP contribution in [-0.4, -0.2) is 30.9 Å². The molecule has 2 aromatic rings. The van der Waals surface area contributed by atoms with Crippen molar-refractivity contribution in [1.29, 1.82) is 0 Å². The number of ether oxygens (including phenoxy) is 2. The van der Waals surface area contributed by atoms with Crippen LogP contribution >= 0.6 is 9.24 Å². The van der Waals surface area contributed by atoms with Gasteiger partial charge in [-0.25, -0.2) is 14.0 Å². The highest BCUT2D eigenvalue weighted by Gasteiger charge is 2.34. The van der Waals surface area contributed by atoms with Gasteiger partial charge in [-0.3, -0.25) is 0 Å². The summed E-state index contributed by atoms with van der Waals surface area (Å²) in [5.41, 5.74) is -2.07. The molecular formula is C16H16FO4P. The normalized spacial score (nSPS) is 13.5. The predicted molar refractivity (Wildman–Crippen MR) is 85.0 cm³/mol. The molecule has 0 aliphatic heterocycles. The van der Waals surface area contributed by atoms with E-state index in [2.05, 4.69) is 9.24 Å². The molecule has 0 spiro atoms. The summed E-state index contributed by atoms with van der Waals surface area (Å²) in [5, 5.41) is 1.56. The number of carbonyl (C=O) groups is 2. The van der Waals surface area contributed by atoms with Crippen molar-refractivity contribution >= 4 is 32.0 Å². The number of rotatable bonds is 4. The van der Waals surface area contributed by atoms with Crippen LogP contribution in [0.3, 0.4) is 0 Å². The lowest BCUT2D eigenvalue weighted by molar-refractivity contribution is -0.145. The van der Waals surface area contributed by atoms with E-state index in [0.29, 0.717) is 0 Å². The van der Waals surface area contributed by atoms with Crippen molar-refractivity contribution in [3.8, 4) is 5.75 Å². The molecule has 4 nitrogen and oxygen atoms in total. The van der Waals surface area contributed by atoms with Crippen LogP contribution in [0.25, 0.3) is 10.8 Å². The number of hydrogen-bond acceptors (Lipinski definition) is 4. The molecule has 0 saturated carbocycles. The molecule has 22 heavy (non-hydrogen) atoms. The van der Waals surface area contributed by atoms with Gasteiger partial charge >= 0.3 is 11.9 Å². The lowest BCUT2D eigenvalue weighted by Gasteiger charge is -2.17. The Morgan fingerprint density at radius 2 is 1.82 bits per heavy atom. The topological polar surface area (TPSA) is 52.6 Å². The fourth-order valence-corrected chi connectivity index (χ4v) is 2.03. The van der Waals surface area contributed by atoms with Crippen LogP contribution in [-0.2, 0) is 9.53 Å². The lowest BCUT2D eigenvalue weighted by Crippen LogP contribution is -2.36. The summed E-state index contributed by atoms with van der Waals surface area (Å²) in [7, 11) is 3.38. The number of methoxy groups -OCH3 is 1. The van der Waals surface area contributed by atoms with Crippen LogP contribution in [0.15, 0.2) is 36.4 Å². The summed E-state index contributed by atoms with van der Waals surface area (Å²) in [6.45, 7) is 1.13. The number of alkyl halides is 1. The zero-order valence-electron chi connectivity index (χ0n) is 12.3. The standard InChI is InChI=1S/C16H16FO4P/c1-16(17,9-22)15(19)21-13-8-11-6-4-3-5-10(11)7-12(13)14(18)20-2/h3-8H,9,22H2,1-2H3. The number of benzene rings is 2. The highest BCUT2D eigenvalue weighted by Crippen LogP contribution is 2.28. The first-order valence-electron chi connectivity index (χ1n) is 6.61. The van der Waals surface area contributed by atoms with Crippen molar-refractivity contribution in [3.05, 3.63) is 42.0 Å². The van der Waals surface area contributed by atoms with E-state index in [1.165, 1.54) is 13.2 Å². The number of fused-ring (bicyclic) bond motifs is 1. The van der Waals surface area contributed by atoms with Crippen LogP contribution in [0, 0.1) is 0 Å². The first-order valence-corrected chi connectivity index (χ1v) is 7.43.